The number of nitrogens with two attached hydrogens (primary N) is 1. The largest absolute Gasteiger partial charge is 0.486 e. The molecule has 2 fully saturated rings. The molecule has 4 aliphatic rings. The first-order valence-corrected chi connectivity index (χ1v) is 37.9. The molecule has 1 unspecified atom stereocenters. The van der Waals surface area contributed by atoms with Gasteiger partial charge in [-0.2, -0.15) is 9.62 Å². The number of amides is 2. The Bertz CT molecular complexity index is 4340. The predicted octanol–water partition coefficient (Wildman–Crippen LogP) is 16.0. The Hall–Kier alpha value is -8.95. The van der Waals surface area contributed by atoms with Crippen molar-refractivity contribution in [3.63, 3.8) is 0 Å². The van der Waals surface area contributed by atoms with E-state index in [1.807, 2.05) is 86.6 Å². The quantitative estimate of drug-likeness (QED) is 0.0220. The second-order valence-electron chi connectivity index (χ2n) is 25.4. The van der Waals surface area contributed by atoms with Crippen molar-refractivity contribution < 1.29 is 80.4 Å². The van der Waals surface area contributed by atoms with E-state index < -0.39 is 106 Å². The molecule has 2 aliphatic heterocycles. The number of ether oxygens (including phenoxy) is 8. The number of nitro benzene ring substituents is 2. The van der Waals surface area contributed by atoms with Crippen LogP contribution in [0.1, 0.15) is 147 Å². The molecule has 0 radical (unpaired) electrons. The third kappa shape index (κ3) is 23.8. The van der Waals surface area contributed by atoms with Crippen LogP contribution in [0.15, 0.2) is 167 Å². The highest BCUT2D eigenvalue weighted by atomic mass is 35.5. The molecule has 8 atom stereocenters. The fourth-order valence-electron chi connectivity index (χ4n) is 12.7. The molecule has 6 aromatic rings. The number of aryl methyl sites for hydroxylation is 2. The molecule has 25 nitrogen and oxygen atoms in total. The number of hydrogen-bond donors (Lipinski definition) is 2. The van der Waals surface area contributed by atoms with Crippen molar-refractivity contribution in [3.8, 4) is 17.6 Å². The Morgan fingerprint density at radius 1 is 0.667 bits per heavy atom. The zero-order valence-electron chi connectivity index (χ0n) is 58.4. The van der Waals surface area contributed by atoms with Crippen molar-refractivity contribution in [2.24, 2.45) is 25.7 Å². The van der Waals surface area contributed by atoms with E-state index in [0.29, 0.717) is 62.2 Å². The number of nitro groups is 2. The van der Waals surface area contributed by atoms with E-state index in [9.17, 15) is 47.8 Å². The third-order valence-electron chi connectivity index (χ3n) is 17.4. The summed E-state index contributed by atoms with van der Waals surface area (Å²) in [5, 5.41) is 47.0. The first-order chi connectivity index (χ1) is 49.6. The summed E-state index contributed by atoms with van der Waals surface area (Å²) in [7, 11) is -6.56. The van der Waals surface area contributed by atoms with Crippen LogP contribution in [0.5, 0.6) is 11.5 Å². The summed E-state index contributed by atoms with van der Waals surface area (Å²) in [6.07, 6.45) is 6.06. The lowest BCUT2D eigenvalue weighted by Crippen LogP contribution is -2.47. The molecule has 105 heavy (non-hydrogen) atoms. The van der Waals surface area contributed by atoms with E-state index in [-0.39, 0.29) is 66.6 Å². The van der Waals surface area contributed by atoms with E-state index in [1.165, 1.54) is 31.2 Å². The minimum Gasteiger partial charge on any atom is -0.486 e. The first-order valence-electron chi connectivity index (χ1n) is 33.5. The van der Waals surface area contributed by atoms with Gasteiger partial charge in [0.2, 0.25) is 0 Å². The number of halogens is 2. The van der Waals surface area contributed by atoms with Gasteiger partial charge in [-0.3, -0.25) is 29.8 Å². The average molecular weight is 1530 g/mol. The van der Waals surface area contributed by atoms with Gasteiger partial charge in [0.1, 0.15) is 41.1 Å². The molecule has 6 aromatic carbocycles. The van der Waals surface area contributed by atoms with Crippen LogP contribution in [-0.4, -0.2) is 117 Å². The number of esters is 1. The SMILES string of the molecule is C.C=CC[C@H](C)CS(N)(=O)=NC(=O)O[C@@H](C)c1ccccc1.C=CC[C@H](C)C[S@@](=O)(CC(=O)O[C@@H](C)c1ccccc1)=NC(=O)c1ccc(OC[C@@]2(C3OCCO3)CCCc3cc(Cl)ccc32)c([N+](=O)[O-])c1.CC#N.O=C(O)c1ccc(OC[C@@]2(C3OCCO3)CCCc3cc(Cl)ccc32)c([N+](=O)[O-])c1. The Morgan fingerprint density at radius 2 is 1.09 bits per heavy atom. The standard InChI is InChI=1S/C37H41ClN2O9S.C21H20ClNO7.C15H22N2O3S.C2H3N.CH4/c1-4-9-25(2)22-50(45,23-34(41)49-26(3)27-10-6-5-7-11-27)39-35(42)29-13-16-33(32(21-29)40(43)44)48-24-37(36-46-18-19-47-36)17-8-12-28-20-30(38)14-15-31(28)37;22-15-4-5-16-13(10-15)2-1-7-21(16,20-28-8-9-29-20)12-30-18-6-3-14(19(24)25)11-17(18)23(26)27;1-4-8-12(2)11-21(16,19)17-15(18)20-13(3)14-9-6-5-7-10-14;1-2-3;/h4-7,10-11,13-16,20-21,25-26,36H,1,8-9,12,17-19,22-24H2,2-3H3;3-6,10-11,20H,1-2,7-9,12H2,(H,24,25);4-7,9-10,12-13H,1,8,11H2,2-3H3,(H2,16,17,18,19);1H3;1H4/t25-,26-,37-,50+;21-;12-,13-,21?;;/m000../s1. The van der Waals surface area contributed by atoms with Gasteiger partial charge in [0.25, 0.3) is 5.91 Å². The maximum atomic E-state index is 14.1. The van der Waals surface area contributed by atoms with Crippen LogP contribution in [0.2, 0.25) is 10.0 Å². The zero-order valence-corrected chi connectivity index (χ0v) is 61.6. The molecular weight excluding hydrogens is 1440 g/mol. The van der Waals surface area contributed by atoms with Gasteiger partial charge in [-0.15, -0.1) is 17.5 Å². The maximum Gasteiger partial charge on any atom is 0.443 e. The van der Waals surface area contributed by atoms with Crippen molar-refractivity contribution in [2.45, 2.75) is 129 Å². The molecule has 2 heterocycles. The minimum atomic E-state index is -3.49. The van der Waals surface area contributed by atoms with Crippen LogP contribution < -0.4 is 14.6 Å². The van der Waals surface area contributed by atoms with Crippen molar-refractivity contribution in [3.05, 3.63) is 234 Å². The summed E-state index contributed by atoms with van der Waals surface area (Å²) in [6, 6.07) is 38.7. The van der Waals surface area contributed by atoms with E-state index in [1.54, 1.807) is 56.3 Å². The number of carboxylic acid groups (broad SMARTS) is 1. The Balaban J connectivity index is 0.000000266. The molecule has 0 spiro atoms. The number of benzene rings is 6. The van der Waals surface area contributed by atoms with Gasteiger partial charge in [-0.05, 0) is 159 Å². The number of nitriles is 1. The average Bonchev–Trinajstić information content (AvgIpc) is 1.74. The highest BCUT2D eigenvalue weighted by molar-refractivity contribution is 7.94. The molecule has 0 saturated carbocycles. The zero-order chi connectivity index (χ0) is 75.8. The number of nitrogens with zero attached hydrogens (tertiary/aromatic N) is 5. The Morgan fingerprint density at radius 3 is 1.51 bits per heavy atom. The second kappa shape index (κ2) is 40.0. The number of carboxylic acids is 1. The molecular formula is C76H90Cl2N6O19S2. The lowest BCUT2D eigenvalue weighted by atomic mass is 9.69. The van der Waals surface area contributed by atoms with Gasteiger partial charge in [0.15, 0.2) is 24.1 Å². The first kappa shape index (κ1) is 85.0. The number of hydrogen-bond acceptors (Lipinski definition) is 19. The van der Waals surface area contributed by atoms with Gasteiger partial charge >= 0.3 is 29.4 Å². The summed E-state index contributed by atoms with van der Waals surface area (Å²) < 4.78 is 80.1. The van der Waals surface area contributed by atoms with E-state index in [4.69, 9.17) is 76.6 Å². The summed E-state index contributed by atoms with van der Waals surface area (Å²) >= 11 is 12.5. The number of fused-ring (bicyclic) bond motifs is 2. The molecule has 0 aromatic heterocycles. The minimum absolute atomic E-state index is 0. The van der Waals surface area contributed by atoms with Crippen molar-refractivity contribution in [2.75, 3.05) is 56.9 Å². The summed E-state index contributed by atoms with van der Waals surface area (Å²) in [6.45, 7) is 17.7. The van der Waals surface area contributed by atoms with Crippen LogP contribution >= 0.6 is 23.2 Å². The van der Waals surface area contributed by atoms with Gasteiger partial charge < -0.3 is 43.0 Å². The lowest BCUT2D eigenvalue weighted by molar-refractivity contribution is -0.386. The predicted molar refractivity (Wildman–Crippen MR) is 400 cm³/mol. The molecule has 29 heteroatoms. The summed E-state index contributed by atoms with van der Waals surface area (Å²) in [5.41, 5.74) is 3.01. The van der Waals surface area contributed by atoms with Crippen LogP contribution in [0, 0.1) is 43.4 Å². The molecule has 564 valence electrons. The van der Waals surface area contributed by atoms with E-state index >= 15 is 0 Å². The van der Waals surface area contributed by atoms with Crippen LogP contribution in [0.25, 0.3) is 0 Å². The third-order valence-corrected chi connectivity index (χ3v) is 21.7. The number of allylic oxidation sites excluding steroid dienone is 2. The fraction of sp³-hybridized carbons (Fsp3) is 0.408. The highest BCUT2D eigenvalue weighted by Crippen LogP contribution is 2.47. The molecule has 2 saturated heterocycles. The van der Waals surface area contributed by atoms with Gasteiger partial charge in [0, 0.05) is 46.2 Å². The monoisotopic (exact) mass is 1520 g/mol. The van der Waals surface area contributed by atoms with Gasteiger partial charge in [-0.1, -0.05) is 129 Å². The molecule has 3 N–H and O–H groups in total. The molecule has 0 bridgehead atoms. The molecule has 2 aliphatic carbocycles. The summed E-state index contributed by atoms with van der Waals surface area (Å²) in [5.74, 6) is -3.79. The van der Waals surface area contributed by atoms with Crippen molar-refractivity contribution in [1.82, 2.24) is 0 Å². The smallest absolute Gasteiger partial charge is 0.443 e. The number of rotatable bonds is 26. The van der Waals surface area contributed by atoms with Gasteiger partial charge in [-0.25, -0.2) is 23.1 Å². The van der Waals surface area contributed by atoms with Crippen molar-refractivity contribution >= 4 is 78.2 Å². The lowest BCUT2D eigenvalue weighted by Gasteiger charge is -2.41. The summed E-state index contributed by atoms with van der Waals surface area (Å²) in [4.78, 5) is 71.8. The Kier molecular flexibility index (Phi) is 32.3. The number of carbonyl (C=O) groups is 4. The van der Waals surface area contributed by atoms with Crippen molar-refractivity contribution in [1.29, 1.82) is 5.26 Å². The van der Waals surface area contributed by atoms with Crippen LogP contribution in [0.4, 0.5) is 16.2 Å². The highest BCUT2D eigenvalue weighted by Gasteiger charge is 2.50. The second-order valence-corrected chi connectivity index (χ2v) is 30.5. The normalized spacial score (nSPS) is 18.8. The fourth-order valence-corrected chi connectivity index (χ4v) is 16.6. The number of carbonyl (C=O) groups excluding carboxylic acids is 3. The number of aromatic carboxylic acids is 1. The maximum absolute atomic E-state index is 14.1. The van der Waals surface area contributed by atoms with Crippen LogP contribution in [-0.2, 0) is 76.5 Å². The van der Waals surface area contributed by atoms with Crippen LogP contribution in [0.3, 0.4) is 0 Å². The Labute approximate surface area is 623 Å². The van der Waals surface area contributed by atoms with E-state index in [0.717, 1.165) is 71.2 Å². The molecule has 10 rings (SSSR count). The van der Waals surface area contributed by atoms with Gasteiger partial charge in [0.05, 0.1) is 68.5 Å². The van der Waals surface area contributed by atoms with E-state index in [2.05, 4.69) is 21.9 Å². The molecule has 2 amide bonds. The topological polar surface area (TPSA) is 357 Å².